The summed E-state index contributed by atoms with van der Waals surface area (Å²) in [7, 11) is 0. The van der Waals surface area contributed by atoms with Crippen LogP contribution in [0.5, 0.6) is 0 Å². The molecule has 0 atom stereocenters. The number of para-hydroxylation sites is 1. The number of nitrogens with zero attached hydrogens (tertiary/aromatic N) is 2. The van der Waals surface area contributed by atoms with Crippen molar-refractivity contribution in [1.82, 2.24) is 4.98 Å². The fourth-order valence-corrected chi connectivity index (χ4v) is 1.93. The molecular weight excluding hydrogens is 182 g/mol. The van der Waals surface area contributed by atoms with E-state index in [-0.39, 0.29) is 0 Å². The maximum Gasteiger partial charge on any atom is 0.204 e. The van der Waals surface area contributed by atoms with Crippen LogP contribution >= 0.6 is 11.3 Å². The zero-order valence-corrected chi connectivity index (χ0v) is 7.79. The van der Waals surface area contributed by atoms with Crippen LogP contribution in [0.25, 0.3) is 10.2 Å². The van der Waals surface area contributed by atoms with Crippen molar-refractivity contribution in [3.8, 4) is 0 Å². The first-order valence-corrected chi connectivity index (χ1v) is 4.65. The van der Waals surface area contributed by atoms with Crippen LogP contribution in [0.15, 0.2) is 37.0 Å². The number of thiazole rings is 1. The Morgan fingerprint density at radius 2 is 2.23 bits per heavy atom. The molecule has 0 saturated heterocycles. The zero-order chi connectivity index (χ0) is 9.26. The summed E-state index contributed by atoms with van der Waals surface area (Å²) in [4.78, 5) is 4.33. The molecule has 0 radical (unpaired) electrons. The molecule has 3 nitrogen and oxygen atoms in total. The quantitative estimate of drug-likeness (QED) is 0.584. The largest absolute Gasteiger partial charge is 0.262 e. The summed E-state index contributed by atoms with van der Waals surface area (Å²) in [6.45, 7) is 3.57. The van der Waals surface area contributed by atoms with Gasteiger partial charge in [0.15, 0.2) is 0 Å². The minimum Gasteiger partial charge on any atom is -0.262 e. The van der Waals surface area contributed by atoms with Crippen molar-refractivity contribution in [3.05, 3.63) is 37.0 Å². The summed E-state index contributed by atoms with van der Waals surface area (Å²) < 4.78 is 1.13. The number of aromatic nitrogens is 1. The van der Waals surface area contributed by atoms with Crippen LogP contribution in [0.2, 0.25) is 0 Å². The van der Waals surface area contributed by atoms with Crippen LogP contribution in [0.1, 0.15) is 0 Å². The molecule has 13 heavy (non-hydrogen) atoms. The third kappa shape index (κ3) is 1.41. The number of anilines is 1. The number of nitrogens with two attached hydrogens (primary N) is 1. The highest BCUT2D eigenvalue weighted by Gasteiger charge is 2.04. The average molecular weight is 191 g/mol. The third-order valence-electron chi connectivity index (χ3n) is 1.70. The van der Waals surface area contributed by atoms with E-state index in [9.17, 15) is 0 Å². The van der Waals surface area contributed by atoms with E-state index in [0.717, 1.165) is 15.3 Å². The second-order valence-electron chi connectivity index (χ2n) is 2.55. The molecule has 1 aromatic heterocycles. The Bertz CT molecular complexity index is 402. The van der Waals surface area contributed by atoms with E-state index < -0.39 is 0 Å². The van der Waals surface area contributed by atoms with Crippen molar-refractivity contribution in [2.45, 2.75) is 0 Å². The number of rotatable bonds is 2. The molecule has 1 heterocycles. The second kappa shape index (κ2) is 3.16. The van der Waals surface area contributed by atoms with Crippen LogP contribution in [0.4, 0.5) is 5.13 Å². The molecule has 0 fully saturated rings. The molecule has 2 rings (SSSR count). The Kier molecular flexibility index (Phi) is 2.00. The van der Waals surface area contributed by atoms with E-state index in [1.807, 2.05) is 24.3 Å². The minimum atomic E-state index is 0.760. The van der Waals surface area contributed by atoms with Gasteiger partial charge in [0.25, 0.3) is 0 Å². The van der Waals surface area contributed by atoms with Crippen LogP contribution in [0, 0.1) is 0 Å². The van der Waals surface area contributed by atoms with Crippen molar-refractivity contribution >= 4 is 26.7 Å². The summed E-state index contributed by atoms with van der Waals surface area (Å²) in [5.41, 5.74) is 0.972. The van der Waals surface area contributed by atoms with Gasteiger partial charge in [-0.25, -0.2) is 10.8 Å². The highest BCUT2D eigenvalue weighted by atomic mass is 32.1. The fourth-order valence-electron chi connectivity index (χ4n) is 1.05. The highest BCUT2D eigenvalue weighted by molar-refractivity contribution is 7.22. The number of benzene rings is 1. The Labute approximate surface area is 80.1 Å². The predicted molar refractivity (Wildman–Crippen MR) is 56.5 cm³/mol. The fraction of sp³-hybridized carbons (Fsp3) is 0. The molecule has 2 N–H and O–H groups in total. The zero-order valence-electron chi connectivity index (χ0n) is 6.97. The van der Waals surface area contributed by atoms with Crippen molar-refractivity contribution in [3.63, 3.8) is 0 Å². The van der Waals surface area contributed by atoms with Crippen molar-refractivity contribution in [2.24, 2.45) is 5.84 Å². The normalized spacial score (nSPS) is 10.2. The first kappa shape index (κ1) is 8.22. The van der Waals surface area contributed by atoms with Gasteiger partial charge in [-0.05, 0) is 12.1 Å². The number of hydrogen-bond donors (Lipinski definition) is 1. The monoisotopic (exact) mass is 191 g/mol. The molecule has 2 aromatic rings. The van der Waals surface area contributed by atoms with Crippen LogP contribution in [0.3, 0.4) is 0 Å². The van der Waals surface area contributed by atoms with Gasteiger partial charge in [-0.1, -0.05) is 30.0 Å². The molecule has 0 bridgehead atoms. The van der Waals surface area contributed by atoms with Crippen LogP contribution in [-0.4, -0.2) is 4.98 Å². The highest BCUT2D eigenvalue weighted by Crippen LogP contribution is 2.26. The third-order valence-corrected chi connectivity index (χ3v) is 2.75. The van der Waals surface area contributed by atoms with Crippen molar-refractivity contribution in [1.29, 1.82) is 0 Å². The van der Waals surface area contributed by atoms with Gasteiger partial charge in [0, 0.05) is 6.20 Å². The predicted octanol–water partition coefficient (Wildman–Crippen LogP) is 2.12. The lowest BCUT2D eigenvalue weighted by Crippen LogP contribution is -2.23. The molecule has 66 valence electrons. The standard InChI is InChI=1S/C9H9N3S/c1-2-12(10)9-11-7-5-3-4-6-8(7)13-9/h2-6H,1,10H2. The van der Waals surface area contributed by atoms with Gasteiger partial charge in [0.1, 0.15) is 0 Å². The first-order valence-electron chi connectivity index (χ1n) is 3.83. The number of hydrogen-bond acceptors (Lipinski definition) is 4. The molecule has 0 aliphatic rings. The first-order chi connectivity index (χ1) is 6.31. The van der Waals surface area contributed by atoms with Gasteiger partial charge < -0.3 is 0 Å². The van der Waals surface area contributed by atoms with Gasteiger partial charge in [0.2, 0.25) is 5.13 Å². The molecule has 0 saturated carbocycles. The van der Waals surface area contributed by atoms with E-state index in [0.29, 0.717) is 0 Å². The lowest BCUT2D eigenvalue weighted by atomic mass is 10.3. The van der Waals surface area contributed by atoms with Crippen molar-refractivity contribution in [2.75, 3.05) is 5.01 Å². The lowest BCUT2D eigenvalue weighted by Gasteiger charge is -2.05. The van der Waals surface area contributed by atoms with E-state index in [1.165, 1.54) is 11.2 Å². The summed E-state index contributed by atoms with van der Waals surface area (Å²) in [5, 5.41) is 2.18. The molecule has 0 amide bonds. The van der Waals surface area contributed by atoms with E-state index in [1.54, 1.807) is 11.3 Å². The molecule has 0 aliphatic heterocycles. The smallest absolute Gasteiger partial charge is 0.204 e. The van der Waals surface area contributed by atoms with Gasteiger partial charge in [-0.2, -0.15) is 0 Å². The maximum atomic E-state index is 5.62. The van der Waals surface area contributed by atoms with E-state index >= 15 is 0 Å². The Morgan fingerprint density at radius 3 is 2.92 bits per heavy atom. The van der Waals surface area contributed by atoms with Crippen LogP contribution in [-0.2, 0) is 0 Å². The molecule has 4 heteroatoms. The molecule has 0 unspecified atom stereocenters. The number of hydrazine groups is 1. The van der Waals surface area contributed by atoms with Gasteiger partial charge in [-0.3, -0.25) is 5.01 Å². The summed E-state index contributed by atoms with van der Waals surface area (Å²) in [6, 6.07) is 7.93. The molecule has 1 aromatic carbocycles. The maximum absolute atomic E-state index is 5.62. The van der Waals surface area contributed by atoms with E-state index in [2.05, 4.69) is 11.6 Å². The number of fused-ring (bicyclic) bond motifs is 1. The Balaban J connectivity index is 2.55. The van der Waals surface area contributed by atoms with Gasteiger partial charge in [-0.15, -0.1) is 0 Å². The molecule has 0 aliphatic carbocycles. The second-order valence-corrected chi connectivity index (χ2v) is 3.56. The van der Waals surface area contributed by atoms with Crippen LogP contribution < -0.4 is 10.9 Å². The van der Waals surface area contributed by atoms with E-state index in [4.69, 9.17) is 5.84 Å². The average Bonchev–Trinajstić information content (AvgIpc) is 2.59. The topological polar surface area (TPSA) is 42.1 Å². The Hall–Kier alpha value is -1.39. The summed E-state index contributed by atoms with van der Waals surface area (Å²) >= 11 is 1.55. The Morgan fingerprint density at radius 1 is 1.46 bits per heavy atom. The summed E-state index contributed by atoms with van der Waals surface area (Å²) in [6.07, 6.45) is 1.54. The van der Waals surface area contributed by atoms with Gasteiger partial charge >= 0.3 is 0 Å². The molecular formula is C9H9N3S. The van der Waals surface area contributed by atoms with Crippen molar-refractivity contribution < 1.29 is 0 Å². The minimum absolute atomic E-state index is 0.760. The summed E-state index contributed by atoms with van der Waals surface area (Å²) in [5.74, 6) is 5.62. The lowest BCUT2D eigenvalue weighted by molar-refractivity contribution is 1.07. The molecule has 0 spiro atoms. The van der Waals surface area contributed by atoms with Gasteiger partial charge in [0.05, 0.1) is 10.2 Å². The SMILES string of the molecule is C=CN(N)c1nc2ccccc2s1.